The maximum Gasteiger partial charge on any atom is 0.298 e. The zero-order chi connectivity index (χ0) is 18.8. The summed E-state index contributed by atoms with van der Waals surface area (Å²) in [5.74, 6) is -1.27. The topological polar surface area (TPSA) is 63.5 Å². The van der Waals surface area contributed by atoms with Crippen molar-refractivity contribution in [3.05, 3.63) is 90.5 Å². The molecule has 1 amide bonds. The Morgan fingerprint density at radius 3 is 2.56 bits per heavy atom. The van der Waals surface area contributed by atoms with Gasteiger partial charge in [0.2, 0.25) is 0 Å². The average Bonchev–Trinajstić information content (AvgIpc) is 3.09. The van der Waals surface area contributed by atoms with E-state index in [4.69, 9.17) is 0 Å². The molecule has 0 spiro atoms. The van der Waals surface area contributed by atoms with Gasteiger partial charge in [-0.2, -0.15) is 0 Å². The summed E-state index contributed by atoms with van der Waals surface area (Å²) in [6.07, 6.45) is 5.13. The molecule has 3 heterocycles. The molecule has 27 heavy (non-hydrogen) atoms. The number of nitrogens with zero attached hydrogens (tertiary/aromatic N) is 2. The van der Waals surface area contributed by atoms with Crippen molar-refractivity contribution in [1.82, 2.24) is 9.38 Å². The number of nitrogens with one attached hydrogen (secondary N) is 1. The number of aromatic nitrogens is 2. The Balaban J connectivity index is 1.76. The minimum Gasteiger partial charge on any atom is -0.319 e. The smallest absolute Gasteiger partial charge is 0.298 e. The van der Waals surface area contributed by atoms with Gasteiger partial charge in [0.15, 0.2) is 0 Å². The molecule has 1 N–H and O–H groups in total. The number of benzene rings is 1. The predicted molar refractivity (Wildman–Crippen MR) is 105 cm³/mol. The number of hydrogen-bond acceptors (Lipinski definition) is 3. The van der Waals surface area contributed by atoms with E-state index in [1.807, 2.05) is 49.4 Å². The molecule has 1 aromatic carbocycles. The number of fused-ring (bicyclic) bond motifs is 1. The number of ketones is 1. The first-order chi connectivity index (χ1) is 13.1. The van der Waals surface area contributed by atoms with Crippen molar-refractivity contribution in [3.8, 4) is 11.1 Å². The van der Waals surface area contributed by atoms with Gasteiger partial charge < -0.3 is 9.72 Å². The lowest BCUT2D eigenvalue weighted by Crippen LogP contribution is -2.24. The predicted octanol–water partition coefficient (Wildman–Crippen LogP) is 4.13. The fourth-order valence-electron chi connectivity index (χ4n) is 3.03. The number of hydrogen-bond donors (Lipinski definition) is 1. The van der Waals surface area contributed by atoms with Crippen molar-refractivity contribution in [2.45, 2.75) is 6.92 Å². The molecule has 4 aromatic rings. The molecule has 0 bridgehead atoms. The number of Topliss-reactive ketones (excluding diaryl/α,β-unsaturated/α-hetero) is 1. The van der Waals surface area contributed by atoms with E-state index < -0.39 is 11.7 Å². The first-order valence-corrected chi connectivity index (χ1v) is 8.56. The molecule has 0 saturated heterocycles. The number of anilines is 1. The Kier molecular flexibility index (Phi) is 4.26. The first kappa shape index (κ1) is 16.7. The zero-order valence-electron chi connectivity index (χ0n) is 14.7. The van der Waals surface area contributed by atoms with E-state index in [1.165, 1.54) is 0 Å². The largest absolute Gasteiger partial charge is 0.319 e. The fraction of sp³-hybridized carbons (Fsp3) is 0.0455. The molecular weight excluding hydrogens is 338 g/mol. The summed E-state index contributed by atoms with van der Waals surface area (Å²) in [6, 6.07) is 18.5. The van der Waals surface area contributed by atoms with Crippen molar-refractivity contribution in [3.63, 3.8) is 0 Å². The Bertz CT molecular complexity index is 1130. The van der Waals surface area contributed by atoms with Gasteiger partial charge in [0.05, 0.1) is 0 Å². The van der Waals surface area contributed by atoms with Gasteiger partial charge in [0.1, 0.15) is 5.69 Å². The second kappa shape index (κ2) is 6.88. The monoisotopic (exact) mass is 355 g/mol. The third-order valence-electron chi connectivity index (χ3n) is 4.38. The Morgan fingerprint density at radius 1 is 1.00 bits per heavy atom. The molecule has 5 heteroatoms. The van der Waals surface area contributed by atoms with E-state index in [-0.39, 0.29) is 0 Å². The van der Waals surface area contributed by atoms with Gasteiger partial charge in [-0.15, -0.1) is 0 Å². The maximum atomic E-state index is 13.0. The summed E-state index contributed by atoms with van der Waals surface area (Å²) in [7, 11) is 0. The number of carbonyl (C=O) groups excluding carboxylic acids is 2. The normalized spacial score (nSPS) is 10.7. The Labute approximate surface area is 156 Å². The van der Waals surface area contributed by atoms with Crippen LogP contribution < -0.4 is 5.32 Å². The van der Waals surface area contributed by atoms with Crippen molar-refractivity contribution >= 4 is 22.9 Å². The van der Waals surface area contributed by atoms with E-state index in [0.717, 1.165) is 16.6 Å². The molecule has 5 nitrogen and oxygen atoms in total. The lowest BCUT2D eigenvalue weighted by molar-refractivity contribution is -0.112. The van der Waals surface area contributed by atoms with Crippen molar-refractivity contribution in [1.29, 1.82) is 0 Å². The molecule has 4 rings (SSSR count). The van der Waals surface area contributed by atoms with Gasteiger partial charge in [0, 0.05) is 40.9 Å². The SMILES string of the molecule is Cc1ccc(NC(=O)C(=O)c2c(-c3cccnc3)cc3ccccn23)cc1. The summed E-state index contributed by atoms with van der Waals surface area (Å²) in [6.45, 7) is 1.96. The van der Waals surface area contributed by atoms with Gasteiger partial charge >= 0.3 is 0 Å². The standard InChI is InChI=1S/C22H17N3O2/c1-15-7-9-17(10-8-15)24-22(27)21(26)20-19(16-5-4-11-23-14-16)13-18-6-2-3-12-25(18)20/h2-14H,1H3,(H,24,27). The number of aryl methyl sites for hydroxylation is 1. The molecule has 3 aromatic heterocycles. The third-order valence-corrected chi connectivity index (χ3v) is 4.38. The maximum absolute atomic E-state index is 13.0. The van der Waals surface area contributed by atoms with Gasteiger partial charge in [-0.25, -0.2) is 0 Å². The van der Waals surface area contributed by atoms with Gasteiger partial charge in [-0.1, -0.05) is 29.8 Å². The molecule has 0 unspecified atom stereocenters. The van der Waals surface area contributed by atoms with Crippen molar-refractivity contribution in [2.24, 2.45) is 0 Å². The van der Waals surface area contributed by atoms with Crippen LogP contribution >= 0.6 is 0 Å². The lowest BCUT2D eigenvalue weighted by atomic mass is 10.1. The summed E-state index contributed by atoms with van der Waals surface area (Å²) in [5.41, 5.74) is 4.29. The van der Waals surface area contributed by atoms with Crippen LogP contribution in [0.4, 0.5) is 5.69 Å². The number of rotatable bonds is 4. The van der Waals surface area contributed by atoms with Crippen LogP contribution in [0.1, 0.15) is 16.1 Å². The summed E-state index contributed by atoms with van der Waals surface area (Å²) >= 11 is 0. The molecule has 0 fully saturated rings. The number of carbonyl (C=O) groups is 2. The van der Waals surface area contributed by atoms with Gasteiger partial charge in [0.25, 0.3) is 11.7 Å². The molecule has 0 atom stereocenters. The lowest BCUT2D eigenvalue weighted by Gasteiger charge is -2.08. The molecule has 132 valence electrons. The van der Waals surface area contributed by atoms with Gasteiger partial charge in [-0.05, 0) is 43.3 Å². The van der Waals surface area contributed by atoms with Crippen LogP contribution in [-0.4, -0.2) is 21.1 Å². The van der Waals surface area contributed by atoms with E-state index in [1.54, 1.807) is 41.2 Å². The minimum absolute atomic E-state index is 0.322. The highest BCUT2D eigenvalue weighted by Crippen LogP contribution is 2.28. The highest BCUT2D eigenvalue weighted by atomic mass is 16.2. The molecule has 0 aliphatic heterocycles. The first-order valence-electron chi connectivity index (χ1n) is 8.56. The van der Waals surface area contributed by atoms with E-state index >= 15 is 0 Å². The molecule has 0 aliphatic carbocycles. The van der Waals surface area contributed by atoms with Gasteiger partial charge in [-0.3, -0.25) is 14.6 Å². The summed E-state index contributed by atoms with van der Waals surface area (Å²) in [5, 5.41) is 2.68. The minimum atomic E-state index is -0.673. The summed E-state index contributed by atoms with van der Waals surface area (Å²) in [4.78, 5) is 29.8. The zero-order valence-corrected chi connectivity index (χ0v) is 14.7. The van der Waals surface area contributed by atoms with Crippen LogP contribution in [-0.2, 0) is 4.79 Å². The van der Waals surface area contributed by atoms with Crippen LogP contribution in [0.5, 0.6) is 0 Å². The second-order valence-corrected chi connectivity index (χ2v) is 6.29. The van der Waals surface area contributed by atoms with Crippen LogP contribution in [0, 0.1) is 6.92 Å². The summed E-state index contributed by atoms with van der Waals surface area (Å²) < 4.78 is 1.74. The fourth-order valence-corrected chi connectivity index (χ4v) is 3.03. The Morgan fingerprint density at radius 2 is 1.81 bits per heavy atom. The van der Waals surface area contributed by atoms with Crippen LogP contribution in [0.15, 0.2) is 79.3 Å². The quantitative estimate of drug-likeness (QED) is 0.442. The average molecular weight is 355 g/mol. The Hall–Kier alpha value is -3.73. The van der Waals surface area contributed by atoms with E-state index in [9.17, 15) is 9.59 Å². The molecule has 0 saturated carbocycles. The molecule has 0 aliphatic rings. The highest BCUT2D eigenvalue weighted by Gasteiger charge is 2.24. The van der Waals surface area contributed by atoms with Crippen molar-refractivity contribution < 1.29 is 9.59 Å². The second-order valence-electron chi connectivity index (χ2n) is 6.29. The van der Waals surface area contributed by atoms with Crippen LogP contribution in [0.3, 0.4) is 0 Å². The van der Waals surface area contributed by atoms with E-state index in [0.29, 0.717) is 16.9 Å². The van der Waals surface area contributed by atoms with E-state index in [2.05, 4.69) is 10.3 Å². The number of amides is 1. The molecular formula is C22H17N3O2. The number of pyridine rings is 2. The van der Waals surface area contributed by atoms with Crippen molar-refractivity contribution in [2.75, 3.05) is 5.32 Å². The van der Waals surface area contributed by atoms with Crippen LogP contribution in [0.25, 0.3) is 16.6 Å². The molecule has 0 radical (unpaired) electrons. The van der Waals surface area contributed by atoms with Crippen LogP contribution in [0.2, 0.25) is 0 Å². The highest BCUT2D eigenvalue weighted by molar-refractivity contribution is 6.47. The third kappa shape index (κ3) is 3.22.